The van der Waals surface area contributed by atoms with Crippen LogP contribution in [0, 0.1) is 19.7 Å². The van der Waals surface area contributed by atoms with Crippen LogP contribution >= 0.6 is 11.3 Å². The Labute approximate surface area is 212 Å². The lowest BCUT2D eigenvalue weighted by Crippen LogP contribution is -2.27. The quantitative estimate of drug-likeness (QED) is 0.295. The first kappa shape index (κ1) is 23.6. The number of pyridine rings is 1. The van der Waals surface area contributed by atoms with Crippen molar-refractivity contribution in [1.82, 2.24) is 14.5 Å². The van der Waals surface area contributed by atoms with Gasteiger partial charge in [0, 0.05) is 17.1 Å². The van der Waals surface area contributed by atoms with Crippen LogP contribution in [0.3, 0.4) is 0 Å². The summed E-state index contributed by atoms with van der Waals surface area (Å²) >= 11 is 1.48. The summed E-state index contributed by atoms with van der Waals surface area (Å²) in [6.45, 7) is 4.03. The zero-order chi connectivity index (χ0) is 25.2. The summed E-state index contributed by atoms with van der Waals surface area (Å²) in [4.78, 5) is 25.0. The first-order chi connectivity index (χ1) is 17.4. The van der Waals surface area contributed by atoms with E-state index >= 15 is 0 Å². The van der Waals surface area contributed by atoms with Crippen LogP contribution in [0.2, 0.25) is 0 Å². The van der Waals surface area contributed by atoms with Gasteiger partial charge in [0.15, 0.2) is 11.6 Å². The first-order valence-corrected chi connectivity index (χ1v) is 12.4. The minimum Gasteiger partial charge on any atom is -0.504 e. The molecule has 0 unspecified atom stereocenters. The molecule has 2 aromatic carbocycles. The molecule has 5 rings (SSSR count). The van der Waals surface area contributed by atoms with Crippen molar-refractivity contribution in [1.29, 1.82) is 0 Å². The van der Waals surface area contributed by atoms with E-state index in [2.05, 4.69) is 4.98 Å². The number of hydrogen-bond donors (Lipinski definition) is 1. The Morgan fingerprint density at radius 1 is 0.889 bits per heavy atom. The van der Waals surface area contributed by atoms with Crippen molar-refractivity contribution in [2.24, 2.45) is 0 Å². The zero-order valence-electron chi connectivity index (χ0n) is 19.9. The van der Waals surface area contributed by atoms with E-state index in [1.54, 1.807) is 13.0 Å². The lowest BCUT2D eigenvalue weighted by molar-refractivity contribution is 0.433. The van der Waals surface area contributed by atoms with Crippen LogP contribution in [0.5, 0.6) is 5.75 Å². The fourth-order valence-corrected chi connectivity index (χ4v) is 5.29. The minimum absolute atomic E-state index is 0.186. The van der Waals surface area contributed by atoms with Crippen LogP contribution in [0.4, 0.5) is 4.39 Å². The van der Waals surface area contributed by atoms with Crippen molar-refractivity contribution in [3.05, 3.63) is 112 Å². The number of aryl methyl sites for hydroxylation is 3. The Morgan fingerprint density at radius 3 is 2.42 bits per heavy atom. The number of aromatic hydroxyl groups is 1. The highest BCUT2D eigenvalue weighted by Gasteiger charge is 2.21. The largest absolute Gasteiger partial charge is 0.504 e. The molecule has 0 spiro atoms. The normalized spacial score (nSPS) is 11.1. The van der Waals surface area contributed by atoms with Crippen LogP contribution in [-0.4, -0.2) is 19.6 Å². The molecule has 0 radical (unpaired) electrons. The van der Waals surface area contributed by atoms with Gasteiger partial charge in [-0.2, -0.15) is 0 Å². The zero-order valence-corrected chi connectivity index (χ0v) is 20.7. The maximum absolute atomic E-state index is 14.2. The number of halogens is 1. The average molecular weight is 498 g/mol. The monoisotopic (exact) mass is 497 g/mol. The van der Waals surface area contributed by atoms with Crippen LogP contribution in [-0.2, 0) is 13.0 Å². The maximum Gasteiger partial charge on any atom is 0.262 e. The van der Waals surface area contributed by atoms with E-state index in [0.29, 0.717) is 24.2 Å². The smallest absolute Gasteiger partial charge is 0.262 e. The number of phenolic OH excluding ortho intramolecular Hbond substituents is 1. The van der Waals surface area contributed by atoms with E-state index in [-0.39, 0.29) is 16.9 Å². The molecule has 7 heteroatoms. The minimum atomic E-state index is -0.758. The van der Waals surface area contributed by atoms with Crippen molar-refractivity contribution >= 4 is 11.3 Å². The molecule has 1 N–H and O–H groups in total. The topological polar surface area (TPSA) is 68.0 Å². The van der Waals surface area contributed by atoms with E-state index < -0.39 is 11.6 Å². The van der Waals surface area contributed by atoms with Gasteiger partial charge in [-0.25, -0.2) is 9.37 Å². The highest BCUT2D eigenvalue weighted by Crippen LogP contribution is 2.35. The third-order valence-corrected chi connectivity index (χ3v) is 7.16. The molecule has 3 heterocycles. The maximum atomic E-state index is 14.2. The van der Waals surface area contributed by atoms with Crippen molar-refractivity contribution < 1.29 is 9.50 Å². The molecule has 0 amide bonds. The van der Waals surface area contributed by atoms with Crippen molar-refractivity contribution in [2.45, 2.75) is 26.8 Å². The molecule has 0 bridgehead atoms. The summed E-state index contributed by atoms with van der Waals surface area (Å²) < 4.78 is 15.8. The lowest BCUT2D eigenvalue weighted by atomic mass is 10.1. The van der Waals surface area contributed by atoms with Crippen molar-refractivity contribution in [2.75, 3.05) is 0 Å². The first-order valence-electron chi connectivity index (χ1n) is 11.6. The summed E-state index contributed by atoms with van der Waals surface area (Å²) in [6, 6.07) is 23.8. The lowest BCUT2D eigenvalue weighted by Gasteiger charge is -2.16. The molecule has 0 aliphatic carbocycles. The molecular weight excluding hydrogens is 473 g/mol. The fourth-order valence-electron chi connectivity index (χ4n) is 4.23. The molecule has 3 aromatic heterocycles. The molecule has 5 nitrogen and oxygen atoms in total. The molecule has 0 saturated carbocycles. The number of hydrogen-bond acceptors (Lipinski definition) is 5. The average Bonchev–Trinajstić information content (AvgIpc) is 3.35. The van der Waals surface area contributed by atoms with Crippen LogP contribution in [0.1, 0.15) is 17.0 Å². The van der Waals surface area contributed by atoms with Gasteiger partial charge in [0.05, 0.1) is 27.4 Å². The van der Waals surface area contributed by atoms with Crippen molar-refractivity contribution in [3.8, 4) is 38.1 Å². The van der Waals surface area contributed by atoms with Gasteiger partial charge < -0.3 is 5.11 Å². The molecule has 0 aliphatic rings. The van der Waals surface area contributed by atoms with Gasteiger partial charge in [-0.15, -0.1) is 11.3 Å². The van der Waals surface area contributed by atoms with E-state index in [0.717, 1.165) is 26.7 Å². The molecular formula is C29H24FN3O2S. The van der Waals surface area contributed by atoms with Crippen LogP contribution in [0.25, 0.3) is 32.4 Å². The summed E-state index contributed by atoms with van der Waals surface area (Å²) in [5.74, 6) is -1.04. The van der Waals surface area contributed by atoms with Crippen LogP contribution in [0.15, 0.2) is 83.7 Å². The predicted octanol–water partition coefficient (Wildman–Crippen LogP) is 6.41. The number of nitrogens with zero attached hydrogens (tertiary/aromatic N) is 3. The standard InChI is InChI=1S/C29H24FN3O2S/c1-18-8-6-13-23(31-18)24-14-15-25(36-24)26-19(2)32-28(21-11-7-12-22(30)27(21)34)33(29(26)35)17-16-20-9-4-3-5-10-20/h3-15,34H,16-17H2,1-2H3. The molecule has 5 aromatic rings. The van der Waals surface area contributed by atoms with Gasteiger partial charge in [0.2, 0.25) is 0 Å². The number of phenols is 1. The second-order valence-electron chi connectivity index (χ2n) is 8.55. The van der Waals surface area contributed by atoms with E-state index in [1.165, 1.54) is 28.0 Å². The molecule has 0 saturated heterocycles. The Bertz CT molecular complexity index is 1610. The molecule has 0 fully saturated rings. The Hall–Kier alpha value is -4.10. The molecule has 0 atom stereocenters. The molecule has 0 aliphatic heterocycles. The van der Waals surface area contributed by atoms with Gasteiger partial charge in [0.1, 0.15) is 5.82 Å². The van der Waals surface area contributed by atoms with Crippen LogP contribution < -0.4 is 5.56 Å². The molecule has 36 heavy (non-hydrogen) atoms. The highest BCUT2D eigenvalue weighted by atomic mass is 32.1. The number of thiophene rings is 1. The SMILES string of the molecule is Cc1cccc(-c2ccc(-c3c(C)nc(-c4cccc(F)c4O)n(CCc4ccccc4)c3=O)s2)n1. The van der Waals surface area contributed by atoms with Gasteiger partial charge in [-0.05, 0) is 62.2 Å². The highest BCUT2D eigenvalue weighted by molar-refractivity contribution is 7.18. The van der Waals surface area contributed by atoms with E-state index in [4.69, 9.17) is 4.98 Å². The second-order valence-corrected chi connectivity index (χ2v) is 9.64. The van der Waals surface area contributed by atoms with Gasteiger partial charge in [0.25, 0.3) is 5.56 Å². The third-order valence-electron chi connectivity index (χ3n) is 6.04. The second kappa shape index (κ2) is 9.87. The fraction of sp³-hybridized carbons (Fsp3) is 0.138. The Morgan fingerprint density at radius 2 is 1.64 bits per heavy atom. The van der Waals surface area contributed by atoms with Crippen molar-refractivity contribution in [3.63, 3.8) is 0 Å². The predicted molar refractivity (Wildman–Crippen MR) is 142 cm³/mol. The Kier molecular flexibility index (Phi) is 6.48. The number of aromatic nitrogens is 3. The third kappa shape index (κ3) is 4.57. The van der Waals surface area contributed by atoms with E-state index in [9.17, 15) is 14.3 Å². The summed E-state index contributed by atoms with van der Waals surface area (Å²) in [6.07, 6.45) is 0.580. The number of para-hydroxylation sites is 1. The molecule has 180 valence electrons. The summed E-state index contributed by atoms with van der Waals surface area (Å²) in [7, 11) is 0. The summed E-state index contributed by atoms with van der Waals surface area (Å²) in [5, 5.41) is 10.4. The number of benzene rings is 2. The number of rotatable bonds is 6. The van der Waals surface area contributed by atoms with Gasteiger partial charge in [-0.1, -0.05) is 42.5 Å². The Balaban J connectivity index is 1.64. The van der Waals surface area contributed by atoms with Gasteiger partial charge in [-0.3, -0.25) is 14.3 Å². The van der Waals surface area contributed by atoms with E-state index in [1.807, 2.05) is 67.6 Å². The summed E-state index contributed by atoms with van der Waals surface area (Å²) in [5.41, 5.74) is 3.79. The van der Waals surface area contributed by atoms with Gasteiger partial charge >= 0.3 is 0 Å².